The van der Waals surface area contributed by atoms with Gasteiger partial charge in [-0.05, 0) is 49.9 Å². The average molecular weight is 563 g/mol. The van der Waals surface area contributed by atoms with Crippen LogP contribution in [0.1, 0.15) is 41.0 Å². The number of aliphatic hydroxyl groups excluding tert-OH is 1. The number of hydrogen-bond donors (Lipinski definition) is 4. The molecule has 4 rings (SSSR count). The Balaban J connectivity index is 1.55. The highest BCUT2D eigenvalue weighted by molar-refractivity contribution is 8.00. The van der Waals surface area contributed by atoms with Crippen molar-refractivity contribution < 1.29 is 19.5 Å². The van der Waals surface area contributed by atoms with E-state index in [0.29, 0.717) is 6.54 Å². The Kier molecular flexibility index (Phi) is 9.11. The summed E-state index contributed by atoms with van der Waals surface area (Å²) in [7, 11) is 0. The van der Waals surface area contributed by atoms with Gasteiger partial charge >= 0.3 is 0 Å². The number of nitrogens with zero attached hydrogens (tertiary/aromatic N) is 1. The number of pyridine rings is 1. The zero-order valence-corrected chi connectivity index (χ0v) is 23.5. The maximum absolute atomic E-state index is 13.8. The molecule has 210 valence electrons. The fourth-order valence-electron chi connectivity index (χ4n) is 4.78. The molecule has 2 heterocycles. The van der Waals surface area contributed by atoms with Gasteiger partial charge in [-0.25, -0.2) is 0 Å². The summed E-state index contributed by atoms with van der Waals surface area (Å²) in [5.41, 5.74) is 2.38. The smallest absolute Gasteiger partial charge is 0.268 e. The first-order chi connectivity index (χ1) is 19.1. The Hall–Kier alpha value is -3.89. The number of thioether (sulfide) groups is 1. The van der Waals surface area contributed by atoms with Crippen molar-refractivity contribution in [3.05, 3.63) is 106 Å². The lowest BCUT2D eigenvalue weighted by atomic mass is 9.97. The highest BCUT2D eigenvalue weighted by atomic mass is 32.2. The molecule has 1 aromatic heterocycles. The van der Waals surface area contributed by atoms with Gasteiger partial charge in [0.2, 0.25) is 11.5 Å². The van der Waals surface area contributed by atoms with Crippen LogP contribution in [0.3, 0.4) is 0 Å². The van der Waals surface area contributed by atoms with E-state index in [4.69, 9.17) is 0 Å². The van der Waals surface area contributed by atoms with E-state index < -0.39 is 40.3 Å². The molecule has 0 bridgehead atoms. The van der Waals surface area contributed by atoms with Crippen LogP contribution in [0.2, 0.25) is 0 Å². The molecule has 1 saturated heterocycles. The van der Waals surface area contributed by atoms with E-state index in [9.17, 15) is 24.3 Å². The minimum Gasteiger partial charge on any atom is -0.381 e. The number of aromatic nitrogens is 1. The number of benzene rings is 2. The SMILES string of the molecule is Cc1ccccc1CNC(=O)C1N(C(=O)[C@@H](O)C(Cc2ccccc2)NC(=O)c2cccc(=O)[nH]2)CSC1(C)C. The van der Waals surface area contributed by atoms with Gasteiger partial charge in [0.1, 0.15) is 11.7 Å². The van der Waals surface area contributed by atoms with Crippen molar-refractivity contribution in [3.8, 4) is 0 Å². The Morgan fingerprint density at radius 3 is 2.45 bits per heavy atom. The van der Waals surface area contributed by atoms with E-state index in [1.165, 1.54) is 34.9 Å². The third-order valence-electron chi connectivity index (χ3n) is 7.05. The Morgan fingerprint density at radius 1 is 1.05 bits per heavy atom. The zero-order chi connectivity index (χ0) is 28.9. The number of carbonyl (C=O) groups excluding carboxylic acids is 3. The third-order valence-corrected chi connectivity index (χ3v) is 8.43. The number of carbonyl (C=O) groups is 3. The van der Waals surface area contributed by atoms with Crippen molar-refractivity contribution in [2.24, 2.45) is 0 Å². The summed E-state index contributed by atoms with van der Waals surface area (Å²) < 4.78 is -0.604. The first-order valence-corrected chi connectivity index (χ1v) is 14.0. The molecule has 0 saturated carbocycles. The highest BCUT2D eigenvalue weighted by Gasteiger charge is 2.49. The van der Waals surface area contributed by atoms with Gasteiger partial charge in [-0.15, -0.1) is 11.8 Å². The van der Waals surface area contributed by atoms with Crippen molar-refractivity contribution in [2.75, 3.05) is 5.88 Å². The predicted molar refractivity (Wildman–Crippen MR) is 155 cm³/mol. The van der Waals surface area contributed by atoms with Crippen LogP contribution < -0.4 is 16.2 Å². The molecule has 9 nitrogen and oxygen atoms in total. The predicted octanol–water partition coefficient (Wildman–Crippen LogP) is 2.38. The molecule has 3 aromatic rings. The fraction of sp³-hybridized carbons (Fsp3) is 0.333. The maximum Gasteiger partial charge on any atom is 0.268 e. The lowest BCUT2D eigenvalue weighted by molar-refractivity contribution is -0.147. The largest absolute Gasteiger partial charge is 0.381 e. The van der Waals surface area contributed by atoms with Crippen LogP contribution in [0.15, 0.2) is 77.6 Å². The van der Waals surface area contributed by atoms with Crippen molar-refractivity contribution in [3.63, 3.8) is 0 Å². The summed E-state index contributed by atoms with van der Waals surface area (Å²) >= 11 is 1.45. The van der Waals surface area contributed by atoms with Crippen LogP contribution in [0.25, 0.3) is 0 Å². The molecule has 0 aliphatic carbocycles. The molecule has 1 aliphatic rings. The Labute approximate surface area is 237 Å². The van der Waals surface area contributed by atoms with Gasteiger partial charge in [-0.1, -0.05) is 60.7 Å². The maximum atomic E-state index is 13.8. The standard InChI is InChI=1S/C30H34N4O5S/c1-19-10-7-8-13-21(19)17-31-28(38)26-30(2,3)40-18-34(26)29(39)25(36)23(16-20-11-5-4-6-12-20)33-27(37)22-14-9-15-24(35)32-22/h4-15,23,25-26,36H,16-18H2,1-3H3,(H,31,38)(H,32,35)(H,33,37)/t23?,25-,26?/m0/s1. The monoisotopic (exact) mass is 562 g/mol. The molecule has 0 spiro atoms. The molecule has 1 aliphatic heterocycles. The van der Waals surface area contributed by atoms with E-state index in [-0.39, 0.29) is 23.9 Å². The van der Waals surface area contributed by atoms with Crippen LogP contribution in [-0.4, -0.2) is 61.5 Å². The van der Waals surface area contributed by atoms with E-state index in [2.05, 4.69) is 15.6 Å². The second-order valence-electron chi connectivity index (χ2n) is 10.4. The summed E-state index contributed by atoms with van der Waals surface area (Å²) in [4.78, 5) is 55.7. The first kappa shape index (κ1) is 29.1. The van der Waals surface area contributed by atoms with Crippen LogP contribution >= 0.6 is 11.8 Å². The first-order valence-electron chi connectivity index (χ1n) is 13.1. The van der Waals surface area contributed by atoms with Crippen molar-refractivity contribution in [1.82, 2.24) is 20.5 Å². The molecular formula is C30H34N4O5S. The topological polar surface area (TPSA) is 132 Å². The van der Waals surface area contributed by atoms with E-state index >= 15 is 0 Å². The molecule has 4 N–H and O–H groups in total. The molecular weight excluding hydrogens is 528 g/mol. The van der Waals surface area contributed by atoms with Gasteiger partial charge in [-0.2, -0.15) is 0 Å². The molecule has 2 aromatic carbocycles. The number of H-pyrrole nitrogens is 1. The van der Waals surface area contributed by atoms with E-state index in [1.807, 2.05) is 75.4 Å². The van der Waals surface area contributed by atoms with Gasteiger partial charge in [0.15, 0.2) is 6.10 Å². The number of hydrogen-bond acceptors (Lipinski definition) is 6. The van der Waals surface area contributed by atoms with Crippen molar-refractivity contribution in [1.29, 1.82) is 0 Å². The number of aryl methyl sites for hydroxylation is 1. The van der Waals surface area contributed by atoms with Gasteiger partial charge in [0, 0.05) is 17.4 Å². The molecule has 10 heteroatoms. The highest BCUT2D eigenvalue weighted by Crippen LogP contribution is 2.40. The minimum atomic E-state index is -1.64. The normalized spacial score (nSPS) is 17.6. The molecule has 3 atom stereocenters. The Morgan fingerprint density at radius 2 is 1.75 bits per heavy atom. The molecule has 3 amide bonds. The van der Waals surface area contributed by atoms with Gasteiger partial charge < -0.3 is 25.6 Å². The third kappa shape index (κ3) is 6.81. The van der Waals surface area contributed by atoms with Crippen LogP contribution in [0.5, 0.6) is 0 Å². The van der Waals surface area contributed by atoms with Gasteiger partial charge in [0.05, 0.1) is 11.9 Å². The Bertz CT molecular complexity index is 1420. The average Bonchev–Trinajstić information content (AvgIpc) is 3.26. The van der Waals surface area contributed by atoms with Crippen molar-refractivity contribution in [2.45, 2.75) is 56.7 Å². The zero-order valence-electron chi connectivity index (χ0n) is 22.7. The molecule has 0 radical (unpaired) electrons. The van der Waals surface area contributed by atoms with E-state index in [1.54, 1.807) is 0 Å². The number of amides is 3. The number of rotatable bonds is 9. The summed E-state index contributed by atoms with van der Waals surface area (Å²) in [6, 6.07) is 19.2. The quantitative estimate of drug-likeness (QED) is 0.317. The summed E-state index contributed by atoms with van der Waals surface area (Å²) in [6.07, 6.45) is -1.48. The van der Waals surface area contributed by atoms with Crippen molar-refractivity contribution >= 4 is 29.5 Å². The molecule has 40 heavy (non-hydrogen) atoms. The second kappa shape index (κ2) is 12.5. The summed E-state index contributed by atoms with van der Waals surface area (Å²) in [5, 5.41) is 17.0. The summed E-state index contributed by atoms with van der Waals surface area (Å²) in [6.45, 7) is 6.07. The van der Waals surface area contributed by atoms with Gasteiger partial charge in [-0.3, -0.25) is 19.2 Å². The second-order valence-corrected chi connectivity index (χ2v) is 12.0. The van der Waals surface area contributed by atoms with Crippen LogP contribution in [0, 0.1) is 6.92 Å². The number of aromatic amines is 1. The lowest BCUT2D eigenvalue weighted by Crippen LogP contribution is -2.58. The number of nitrogens with one attached hydrogen (secondary N) is 3. The fourth-order valence-corrected chi connectivity index (χ4v) is 5.92. The van der Waals surface area contributed by atoms with E-state index in [0.717, 1.165) is 16.7 Å². The lowest BCUT2D eigenvalue weighted by Gasteiger charge is -2.33. The molecule has 1 fully saturated rings. The van der Waals surface area contributed by atoms with Crippen LogP contribution in [0.4, 0.5) is 0 Å². The molecule has 2 unspecified atom stereocenters. The number of aliphatic hydroxyl groups is 1. The van der Waals surface area contributed by atoms with Crippen LogP contribution in [-0.2, 0) is 22.6 Å². The minimum absolute atomic E-state index is 0.0107. The van der Waals surface area contributed by atoms with Gasteiger partial charge in [0.25, 0.3) is 11.8 Å². The summed E-state index contributed by atoms with van der Waals surface area (Å²) in [5.74, 6) is -1.39.